The zero-order chi connectivity index (χ0) is 17.1. The molecule has 1 aliphatic rings. The predicted molar refractivity (Wildman–Crippen MR) is 87.7 cm³/mol. The van der Waals surface area contributed by atoms with Crippen molar-refractivity contribution in [3.05, 3.63) is 47.8 Å². The lowest BCUT2D eigenvalue weighted by Crippen LogP contribution is -2.16. The van der Waals surface area contributed by atoms with Crippen molar-refractivity contribution in [1.29, 1.82) is 0 Å². The van der Waals surface area contributed by atoms with Gasteiger partial charge in [-0.2, -0.15) is 0 Å². The maximum atomic E-state index is 13.7. The number of carboxylic acids is 1. The molecule has 1 fully saturated rings. The summed E-state index contributed by atoms with van der Waals surface area (Å²) in [6.07, 6.45) is 1.97. The van der Waals surface area contributed by atoms with Gasteiger partial charge in [-0.1, -0.05) is 6.07 Å². The van der Waals surface area contributed by atoms with Crippen LogP contribution in [0.15, 0.2) is 36.4 Å². The van der Waals surface area contributed by atoms with Crippen molar-refractivity contribution >= 4 is 11.7 Å². The van der Waals surface area contributed by atoms with Gasteiger partial charge in [0, 0.05) is 17.9 Å². The lowest BCUT2D eigenvalue weighted by molar-refractivity contribution is 0.0681. The topological polar surface area (TPSA) is 81.8 Å². The molecule has 0 spiro atoms. The molecule has 0 amide bonds. The van der Waals surface area contributed by atoms with Crippen LogP contribution in [0.5, 0.6) is 5.75 Å². The second-order valence-electron chi connectivity index (χ2n) is 5.69. The second-order valence-corrected chi connectivity index (χ2v) is 5.69. The highest BCUT2D eigenvalue weighted by Crippen LogP contribution is 2.33. The van der Waals surface area contributed by atoms with Crippen molar-refractivity contribution in [2.45, 2.75) is 18.9 Å². The van der Waals surface area contributed by atoms with Gasteiger partial charge in [-0.25, -0.2) is 9.18 Å². The van der Waals surface area contributed by atoms with Crippen LogP contribution in [0.25, 0.3) is 11.1 Å². The molecule has 0 aromatic heterocycles. The molecule has 0 bridgehead atoms. The largest absolute Gasteiger partial charge is 0.490 e. The average molecular weight is 331 g/mol. The number of carboxylic acid groups (broad SMARTS) is 1. The smallest absolute Gasteiger partial charge is 0.337 e. The van der Waals surface area contributed by atoms with Gasteiger partial charge in [-0.3, -0.25) is 0 Å². The van der Waals surface area contributed by atoms with Crippen LogP contribution >= 0.6 is 0 Å². The summed E-state index contributed by atoms with van der Waals surface area (Å²) in [5.41, 5.74) is 6.82. The molecule has 3 N–H and O–H groups in total. The average Bonchev–Trinajstić information content (AvgIpc) is 3.07. The number of nitrogens with two attached hydrogens (primary N) is 1. The van der Waals surface area contributed by atoms with Gasteiger partial charge in [-0.05, 0) is 48.7 Å². The van der Waals surface area contributed by atoms with Crippen LogP contribution in [-0.4, -0.2) is 30.4 Å². The third kappa shape index (κ3) is 3.49. The molecule has 0 radical (unpaired) electrons. The van der Waals surface area contributed by atoms with Crippen molar-refractivity contribution in [3.8, 4) is 16.9 Å². The molecule has 1 saturated heterocycles. The Morgan fingerprint density at radius 2 is 2.17 bits per heavy atom. The van der Waals surface area contributed by atoms with Crippen LogP contribution in [0, 0.1) is 5.82 Å². The number of hydrogen-bond donors (Lipinski definition) is 2. The Morgan fingerprint density at radius 1 is 1.33 bits per heavy atom. The number of rotatable bonds is 5. The molecule has 0 aliphatic carbocycles. The quantitative estimate of drug-likeness (QED) is 0.821. The van der Waals surface area contributed by atoms with E-state index in [0.29, 0.717) is 23.5 Å². The summed E-state index contributed by atoms with van der Waals surface area (Å²) in [7, 11) is 0. The molecule has 1 heterocycles. The van der Waals surface area contributed by atoms with Crippen molar-refractivity contribution in [3.63, 3.8) is 0 Å². The first-order chi connectivity index (χ1) is 11.5. The molecule has 126 valence electrons. The zero-order valence-corrected chi connectivity index (χ0v) is 13.0. The molecule has 1 unspecified atom stereocenters. The molecule has 2 aromatic rings. The first kappa shape index (κ1) is 16.3. The van der Waals surface area contributed by atoms with Gasteiger partial charge in [0.15, 0.2) is 0 Å². The Balaban J connectivity index is 1.92. The van der Waals surface area contributed by atoms with Crippen molar-refractivity contribution in [2.24, 2.45) is 0 Å². The van der Waals surface area contributed by atoms with E-state index < -0.39 is 11.8 Å². The summed E-state index contributed by atoms with van der Waals surface area (Å²) in [6, 6.07) is 8.73. The Kier molecular flexibility index (Phi) is 4.66. The van der Waals surface area contributed by atoms with Gasteiger partial charge in [0.1, 0.15) is 18.2 Å². The molecule has 1 aliphatic heterocycles. The van der Waals surface area contributed by atoms with Gasteiger partial charge in [0.25, 0.3) is 0 Å². The molecule has 6 heteroatoms. The summed E-state index contributed by atoms with van der Waals surface area (Å²) < 4.78 is 25.0. The van der Waals surface area contributed by atoms with Crippen LogP contribution in [0.3, 0.4) is 0 Å². The Bertz CT molecular complexity index is 757. The minimum absolute atomic E-state index is 0.0261. The highest BCUT2D eigenvalue weighted by atomic mass is 19.1. The minimum atomic E-state index is -1.13. The third-order valence-corrected chi connectivity index (χ3v) is 3.99. The number of carbonyl (C=O) groups is 1. The first-order valence-electron chi connectivity index (χ1n) is 7.72. The third-order valence-electron chi connectivity index (χ3n) is 3.99. The summed E-state index contributed by atoms with van der Waals surface area (Å²) in [5, 5.41) is 9.21. The van der Waals surface area contributed by atoms with E-state index >= 15 is 0 Å². The van der Waals surface area contributed by atoms with E-state index in [1.165, 1.54) is 30.3 Å². The van der Waals surface area contributed by atoms with E-state index in [9.17, 15) is 14.3 Å². The van der Waals surface area contributed by atoms with Gasteiger partial charge < -0.3 is 20.3 Å². The van der Waals surface area contributed by atoms with Gasteiger partial charge >= 0.3 is 5.97 Å². The van der Waals surface area contributed by atoms with Crippen LogP contribution in [-0.2, 0) is 4.74 Å². The molecular weight excluding hydrogens is 313 g/mol. The van der Waals surface area contributed by atoms with Crippen LogP contribution in [0.1, 0.15) is 23.2 Å². The number of ether oxygens (including phenoxy) is 2. The van der Waals surface area contributed by atoms with Gasteiger partial charge in [0.05, 0.1) is 11.7 Å². The van der Waals surface area contributed by atoms with Gasteiger partial charge in [0.2, 0.25) is 0 Å². The summed E-state index contributed by atoms with van der Waals surface area (Å²) in [6.45, 7) is 1.10. The number of hydrogen-bond acceptors (Lipinski definition) is 4. The lowest BCUT2D eigenvalue weighted by Gasteiger charge is -2.15. The maximum absolute atomic E-state index is 13.7. The molecule has 1 atom stereocenters. The number of benzene rings is 2. The minimum Gasteiger partial charge on any atom is -0.490 e. The molecule has 3 rings (SSSR count). The van der Waals surface area contributed by atoms with Crippen molar-refractivity contribution < 1.29 is 23.8 Å². The van der Waals surface area contributed by atoms with Crippen molar-refractivity contribution in [1.82, 2.24) is 0 Å². The molecule has 5 nitrogen and oxygen atoms in total. The summed E-state index contributed by atoms with van der Waals surface area (Å²) in [5.74, 6) is -1.08. The Morgan fingerprint density at radius 3 is 2.88 bits per heavy atom. The summed E-state index contributed by atoms with van der Waals surface area (Å²) >= 11 is 0. The summed E-state index contributed by atoms with van der Waals surface area (Å²) in [4.78, 5) is 11.3. The number of nitrogen functional groups attached to an aromatic ring is 1. The molecule has 24 heavy (non-hydrogen) atoms. The van der Waals surface area contributed by atoms with E-state index in [2.05, 4.69) is 0 Å². The van der Waals surface area contributed by atoms with E-state index in [4.69, 9.17) is 15.2 Å². The normalized spacial score (nSPS) is 17.0. The standard InChI is InChI=1S/C18H18FNO4/c19-12-4-6-17(24-10-13-2-1-7-23-13)14(9-12)11-3-5-16(20)15(8-11)18(21)22/h3-6,8-9,13H,1-2,7,10,20H2,(H,21,22). The van der Waals surface area contributed by atoms with Crippen LogP contribution in [0.4, 0.5) is 10.1 Å². The monoisotopic (exact) mass is 331 g/mol. The zero-order valence-electron chi connectivity index (χ0n) is 13.0. The molecular formula is C18H18FNO4. The van der Waals surface area contributed by atoms with Crippen LogP contribution in [0.2, 0.25) is 0 Å². The predicted octanol–water partition coefficient (Wildman–Crippen LogP) is 3.33. The highest BCUT2D eigenvalue weighted by molar-refractivity contribution is 5.95. The Labute approximate surface area is 138 Å². The SMILES string of the molecule is Nc1ccc(-c2cc(F)ccc2OCC2CCCO2)cc1C(=O)O. The Hall–Kier alpha value is -2.60. The molecule has 2 aromatic carbocycles. The van der Waals surface area contributed by atoms with E-state index in [0.717, 1.165) is 19.4 Å². The van der Waals surface area contributed by atoms with E-state index in [-0.39, 0.29) is 17.4 Å². The molecule has 0 saturated carbocycles. The van der Waals surface area contributed by atoms with Crippen molar-refractivity contribution in [2.75, 3.05) is 18.9 Å². The lowest BCUT2D eigenvalue weighted by atomic mass is 10.0. The number of anilines is 1. The van der Waals surface area contributed by atoms with Crippen LogP contribution < -0.4 is 10.5 Å². The number of halogens is 1. The fourth-order valence-electron chi connectivity index (χ4n) is 2.72. The second kappa shape index (κ2) is 6.88. The van der Waals surface area contributed by atoms with Gasteiger partial charge in [-0.15, -0.1) is 0 Å². The van der Waals surface area contributed by atoms with E-state index in [1.807, 2.05) is 0 Å². The first-order valence-corrected chi connectivity index (χ1v) is 7.72. The maximum Gasteiger partial charge on any atom is 0.337 e. The van der Waals surface area contributed by atoms with E-state index in [1.54, 1.807) is 6.07 Å². The highest BCUT2D eigenvalue weighted by Gasteiger charge is 2.18. The number of aromatic carboxylic acids is 1. The fraction of sp³-hybridized carbons (Fsp3) is 0.278. The fourth-order valence-corrected chi connectivity index (χ4v) is 2.72.